The van der Waals surface area contributed by atoms with Crippen LogP contribution in [0.25, 0.3) is 0 Å². The third-order valence-corrected chi connectivity index (χ3v) is 4.28. The van der Waals surface area contributed by atoms with Gasteiger partial charge in [-0.25, -0.2) is 0 Å². The summed E-state index contributed by atoms with van der Waals surface area (Å²) in [6, 6.07) is 0.524. The molecular weight excluding hydrogens is 224 g/mol. The molecule has 0 aromatic heterocycles. The van der Waals surface area contributed by atoms with Crippen molar-refractivity contribution in [3.8, 4) is 0 Å². The van der Waals surface area contributed by atoms with Crippen molar-refractivity contribution < 1.29 is 0 Å². The van der Waals surface area contributed by atoms with Crippen LogP contribution < -0.4 is 5.73 Å². The van der Waals surface area contributed by atoms with Crippen LogP contribution in [0.3, 0.4) is 0 Å². The molecule has 0 aromatic carbocycles. The number of hydrogen-bond acceptors (Lipinski definition) is 4. The number of likely N-dealkylation sites (N-methyl/N-ethyl adjacent to an activating group) is 1. The fourth-order valence-electron chi connectivity index (χ4n) is 2.85. The minimum atomic E-state index is 0.524. The maximum atomic E-state index is 6.04. The van der Waals surface area contributed by atoms with E-state index in [0.29, 0.717) is 12.0 Å². The maximum absolute atomic E-state index is 6.04. The number of nitrogens with two attached hydrogens (primary N) is 1. The smallest absolute Gasteiger partial charge is 0.191 e. The van der Waals surface area contributed by atoms with E-state index in [9.17, 15) is 0 Å². The molecule has 1 heterocycles. The van der Waals surface area contributed by atoms with E-state index in [1.165, 1.54) is 12.8 Å². The van der Waals surface area contributed by atoms with Crippen molar-refractivity contribution in [1.29, 1.82) is 0 Å². The molecule has 1 aliphatic rings. The van der Waals surface area contributed by atoms with E-state index < -0.39 is 0 Å². The van der Waals surface area contributed by atoms with Gasteiger partial charge in [0.25, 0.3) is 0 Å². The normalized spacial score (nSPS) is 20.0. The second kappa shape index (κ2) is 7.62. The minimum absolute atomic E-state index is 0.524. The zero-order chi connectivity index (χ0) is 13.5. The first-order valence-electron chi connectivity index (χ1n) is 7.46. The molecule has 0 radical (unpaired) electrons. The second-order valence-corrected chi connectivity index (χ2v) is 5.06. The van der Waals surface area contributed by atoms with Crippen molar-refractivity contribution in [3.63, 3.8) is 0 Å². The van der Waals surface area contributed by atoms with Crippen molar-refractivity contribution in [3.05, 3.63) is 0 Å². The van der Waals surface area contributed by atoms with Crippen molar-refractivity contribution in [2.45, 2.75) is 46.6 Å². The molecule has 4 heteroatoms. The Labute approximate surface area is 112 Å². The Morgan fingerprint density at radius 3 is 2.39 bits per heavy atom. The van der Waals surface area contributed by atoms with Crippen LogP contribution in [-0.2, 0) is 0 Å². The number of aliphatic imine (C=N–C) groups is 1. The molecule has 106 valence electrons. The molecular formula is C14H30N4. The van der Waals surface area contributed by atoms with Crippen LogP contribution in [0.2, 0.25) is 0 Å². The quantitative estimate of drug-likeness (QED) is 0.718. The molecule has 0 amide bonds. The van der Waals surface area contributed by atoms with Gasteiger partial charge in [-0.05, 0) is 19.0 Å². The van der Waals surface area contributed by atoms with Crippen LogP contribution in [0.4, 0.5) is 0 Å². The molecule has 1 unspecified atom stereocenters. The Balaban J connectivity index is 2.56. The van der Waals surface area contributed by atoms with E-state index in [0.717, 1.165) is 38.7 Å². The Morgan fingerprint density at radius 2 is 1.89 bits per heavy atom. The van der Waals surface area contributed by atoms with Crippen LogP contribution in [0.15, 0.2) is 4.99 Å². The first-order chi connectivity index (χ1) is 8.67. The van der Waals surface area contributed by atoms with Gasteiger partial charge in [0.05, 0.1) is 12.6 Å². The van der Waals surface area contributed by atoms with E-state index in [1.807, 2.05) is 0 Å². The average molecular weight is 254 g/mol. The summed E-state index contributed by atoms with van der Waals surface area (Å²) in [5, 5.41) is 0. The molecule has 1 aliphatic heterocycles. The summed E-state index contributed by atoms with van der Waals surface area (Å²) in [4.78, 5) is 9.22. The van der Waals surface area contributed by atoms with Gasteiger partial charge < -0.3 is 15.5 Å². The standard InChI is InChI=1S/C14H30N4/c1-5-12(6-2)13-11-16-14(15)18(13)10-9-17(7-3)8-4/h12-13H,5-11H2,1-4H3,(H2,15,16). The zero-order valence-corrected chi connectivity index (χ0v) is 12.5. The molecule has 0 saturated heterocycles. The van der Waals surface area contributed by atoms with Gasteiger partial charge in [-0.2, -0.15) is 0 Å². The lowest BCUT2D eigenvalue weighted by atomic mass is 9.93. The van der Waals surface area contributed by atoms with E-state index >= 15 is 0 Å². The topological polar surface area (TPSA) is 44.9 Å². The summed E-state index contributed by atoms with van der Waals surface area (Å²) in [6.45, 7) is 14.2. The first-order valence-corrected chi connectivity index (χ1v) is 7.46. The Morgan fingerprint density at radius 1 is 1.28 bits per heavy atom. The lowest BCUT2D eigenvalue weighted by Crippen LogP contribution is -2.47. The highest BCUT2D eigenvalue weighted by molar-refractivity contribution is 5.80. The van der Waals surface area contributed by atoms with Gasteiger partial charge in [0.15, 0.2) is 5.96 Å². The lowest BCUT2D eigenvalue weighted by molar-refractivity contribution is 0.203. The summed E-state index contributed by atoms with van der Waals surface area (Å²) in [5.41, 5.74) is 6.04. The predicted octanol–water partition coefficient (Wildman–Crippen LogP) is 1.76. The highest BCUT2D eigenvalue weighted by atomic mass is 15.3. The number of guanidine groups is 1. The molecule has 1 atom stereocenters. The summed E-state index contributed by atoms with van der Waals surface area (Å²) >= 11 is 0. The second-order valence-electron chi connectivity index (χ2n) is 5.06. The number of rotatable bonds is 8. The van der Waals surface area contributed by atoms with Gasteiger partial charge >= 0.3 is 0 Å². The third-order valence-electron chi connectivity index (χ3n) is 4.28. The fourth-order valence-corrected chi connectivity index (χ4v) is 2.85. The first kappa shape index (κ1) is 15.3. The molecule has 0 spiro atoms. The van der Waals surface area contributed by atoms with Gasteiger partial charge in [0, 0.05) is 13.1 Å². The highest BCUT2D eigenvalue weighted by Crippen LogP contribution is 2.22. The van der Waals surface area contributed by atoms with Crippen molar-refractivity contribution in [2.75, 3.05) is 32.7 Å². The summed E-state index contributed by atoms with van der Waals surface area (Å²) in [7, 11) is 0. The zero-order valence-electron chi connectivity index (χ0n) is 12.5. The fraction of sp³-hybridized carbons (Fsp3) is 0.929. The largest absolute Gasteiger partial charge is 0.370 e. The number of hydrogen-bond donors (Lipinski definition) is 1. The van der Waals surface area contributed by atoms with Crippen molar-refractivity contribution >= 4 is 5.96 Å². The van der Waals surface area contributed by atoms with Crippen LogP contribution in [-0.4, -0.2) is 54.5 Å². The van der Waals surface area contributed by atoms with E-state index in [-0.39, 0.29) is 0 Å². The van der Waals surface area contributed by atoms with Crippen molar-refractivity contribution in [1.82, 2.24) is 9.80 Å². The van der Waals surface area contributed by atoms with E-state index in [2.05, 4.69) is 42.5 Å². The van der Waals surface area contributed by atoms with Gasteiger partial charge in [0.2, 0.25) is 0 Å². The van der Waals surface area contributed by atoms with Gasteiger partial charge in [-0.1, -0.05) is 40.5 Å². The van der Waals surface area contributed by atoms with Crippen LogP contribution >= 0.6 is 0 Å². The highest BCUT2D eigenvalue weighted by Gasteiger charge is 2.30. The SMILES string of the molecule is CCC(CC)C1CN=C(N)N1CCN(CC)CC. The lowest BCUT2D eigenvalue weighted by Gasteiger charge is -2.33. The molecule has 0 saturated carbocycles. The van der Waals surface area contributed by atoms with E-state index in [4.69, 9.17) is 5.73 Å². The molecule has 4 nitrogen and oxygen atoms in total. The third kappa shape index (κ3) is 3.61. The summed E-state index contributed by atoms with van der Waals surface area (Å²) in [6.07, 6.45) is 2.43. The van der Waals surface area contributed by atoms with Crippen molar-refractivity contribution in [2.24, 2.45) is 16.6 Å². The number of nitrogens with zero attached hydrogens (tertiary/aromatic N) is 3. The van der Waals surface area contributed by atoms with Gasteiger partial charge in [0.1, 0.15) is 0 Å². The summed E-state index contributed by atoms with van der Waals surface area (Å²) in [5.74, 6) is 1.46. The Bertz CT molecular complexity index is 257. The average Bonchev–Trinajstić information content (AvgIpc) is 2.74. The monoisotopic (exact) mass is 254 g/mol. The molecule has 18 heavy (non-hydrogen) atoms. The van der Waals surface area contributed by atoms with Crippen LogP contribution in [0.1, 0.15) is 40.5 Å². The molecule has 0 fully saturated rings. The molecule has 1 rings (SSSR count). The molecule has 0 bridgehead atoms. The summed E-state index contributed by atoms with van der Waals surface area (Å²) < 4.78 is 0. The minimum Gasteiger partial charge on any atom is -0.370 e. The Kier molecular flexibility index (Phi) is 6.47. The van der Waals surface area contributed by atoms with Crippen LogP contribution in [0.5, 0.6) is 0 Å². The molecule has 2 N–H and O–H groups in total. The molecule has 0 aliphatic carbocycles. The van der Waals surface area contributed by atoms with Crippen LogP contribution in [0, 0.1) is 5.92 Å². The van der Waals surface area contributed by atoms with E-state index in [1.54, 1.807) is 0 Å². The van der Waals surface area contributed by atoms with Gasteiger partial charge in [-0.15, -0.1) is 0 Å². The Hall–Kier alpha value is -0.770. The van der Waals surface area contributed by atoms with Gasteiger partial charge in [-0.3, -0.25) is 4.99 Å². The predicted molar refractivity (Wildman–Crippen MR) is 78.8 cm³/mol. The molecule has 0 aromatic rings. The maximum Gasteiger partial charge on any atom is 0.191 e.